The van der Waals surface area contributed by atoms with Gasteiger partial charge in [0.1, 0.15) is 6.10 Å². The number of benzene rings is 1. The predicted molar refractivity (Wildman–Crippen MR) is 92.8 cm³/mol. The van der Waals surface area contributed by atoms with Crippen LogP contribution in [-0.4, -0.2) is 23.3 Å². The van der Waals surface area contributed by atoms with Crippen LogP contribution in [-0.2, 0) is 9.53 Å². The molecule has 0 heterocycles. The number of carbonyl (C=O) groups excluding carboxylic acids is 1. The first-order chi connectivity index (χ1) is 11.1. The van der Waals surface area contributed by atoms with E-state index in [1.165, 1.54) is 18.4 Å². The van der Waals surface area contributed by atoms with Crippen molar-refractivity contribution < 1.29 is 14.6 Å². The lowest BCUT2D eigenvalue weighted by atomic mass is 9.77. The Labute approximate surface area is 139 Å². The van der Waals surface area contributed by atoms with Crippen molar-refractivity contribution in [3.8, 4) is 0 Å². The van der Waals surface area contributed by atoms with Gasteiger partial charge in [-0.3, -0.25) is 4.79 Å². The summed E-state index contributed by atoms with van der Waals surface area (Å²) < 4.78 is 5.31. The van der Waals surface area contributed by atoms with Gasteiger partial charge in [0.25, 0.3) is 0 Å². The normalized spacial score (nSPS) is 24.3. The number of aliphatic hydroxyl groups excluding tert-OH is 1. The van der Waals surface area contributed by atoms with Crippen LogP contribution in [0.15, 0.2) is 36.4 Å². The van der Waals surface area contributed by atoms with Gasteiger partial charge >= 0.3 is 5.97 Å². The summed E-state index contributed by atoms with van der Waals surface area (Å²) in [6.45, 7) is 3.38. The van der Waals surface area contributed by atoms with Gasteiger partial charge in [0.05, 0.1) is 6.10 Å². The molecule has 1 aliphatic rings. The Kier molecular flexibility index (Phi) is 6.85. The highest BCUT2D eigenvalue weighted by molar-refractivity contribution is 5.70. The number of hydrogen-bond acceptors (Lipinski definition) is 3. The molecule has 3 heteroatoms. The van der Waals surface area contributed by atoms with Crippen LogP contribution in [0.1, 0.15) is 51.5 Å². The van der Waals surface area contributed by atoms with E-state index < -0.39 is 12.2 Å². The molecule has 0 amide bonds. The van der Waals surface area contributed by atoms with Gasteiger partial charge < -0.3 is 9.84 Å². The molecule has 0 bridgehead atoms. The molecule has 1 aliphatic carbocycles. The third-order valence-corrected chi connectivity index (χ3v) is 4.73. The summed E-state index contributed by atoms with van der Waals surface area (Å²) in [6, 6.07) is 10.3. The number of esters is 1. The smallest absolute Gasteiger partial charge is 0.306 e. The van der Waals surface area contributed by atoms with Crippen molar-refractivity contribution in [2.45, 2.75) is 58.2 Å². The van der Waals surface area contributed by atoms with Crippen LogP contribution in [0.4, 0.5) is 0 Å². The Morgan fingerprint density at radius 1 is 1.26 bits per heavy atom. The highest BCUT2D eigenvalue weighted by Gasteiger charge is 2.27. The van der Waals surface area contributed by atoms with Crippen molar-refractivity contribution in [3.05, 3.63) is 42.0 Å². The van der Waals surface area contributed by atoms with Gasteiger partial charge in [0.15, 0.2) is 0 Å². The van der Waals surface area contributed by atoms with E-state index >= 15 is 0 Å². The third kappa shape index (κ3) is 5.83. The topological polar surface area (TPSA) is 46.5 Å². The van der Waals surface area contributed by atoms with Crippen LogP contribution in [0.25, 0.3) is 6.08 Å². The molecule has 126 valence electrons. The SMILES string of the molecule is C[C@@H](O)[C@@H](C)OC(=O)C[C@H]1CCCC[C@H]1/C=C/c1ccccc1. The van der Waals surface area contributed by atoms with E-state index in [2.05, 4.69) is 24.3 Å². The Balaban J connectivity index is 1.93. The maximum Gasteiger partial charge on any atom is 0.306 e. The summed E-state index contributed by atoms with van der Waals surface area (Å²) >= 11 is 0. The van der Waals surface area contributed by atoms with Crippen molar-refractivity contribution in [1.82, 2.24) is 0 Å². The Hall–Kier alpha value is -1.61. The molecule has 0 saturated heterocycles. The van der Waals surface area contributed by atoms with E-state index in [1.807, 2.05) is 18.2 Å². The number of rotatable bonds is 6. The molecule has 0 spiro atoms. The van der Waals surface area contributed by atoms with Gasteiger partial charge in [-0.1, -0.05) is 55.3 Å². The number of carbonyl (C=O) groups is 1. The van der Waals surface area contributed by atoms with Crippen molar-refractivity contribution in [2.24, 2.45) is 11.8 Å². The zero-order chi connectivity index (χ0) is 16.7. The van der Waals surface area contributed by atoms with Crippen LogP contribution < -0.4 is 0 Å². The molecule has 1 fully saturated rings. The van der Waals surface area contributed by atoms with Crippen LogP contribution in [0, 0.1) is 11.8 Å². The zero-order valence-electron chi connectivity index (χ0n) is 14.2. The van der Waals surface area contributed by atoms with E-state index in [-0.39, 0.29) is 5.97 Å². The number of ether oxygens (including phenoxy) is 1. The molecule has 23 heavy (non-hydrogen) atoms. The second-order valence-corrected chi connectivity index (χ2v) is 6.62. The second-order valence-electron chi connectivity index (χ2n) is 6.62. The minimum absolute atomic E-state index is 0.191. The summed E-state index contributed by atoms with van der Waals surface area (Å²) in [5.74, 6) is 0.583. The summed E-state index contributed by atoms with van der Waals surface area (Å²) in [7, 11) is 0. The Bertz CT molecular complexity index is 507. The van der Waals surface area contributed by atoms with Gasteiger partial charge in [-0.15, -0.1) is 0 Å². The molecule has 0 aliphatic heterocycles. The lowest BCUT2D eigenvalue weighted by Crippen LogP contribution is -2.28. The third-order valence-electron chi connectivity index (χ3n) is 4.73. The van der Waals surface area contributed by atoms with Crippen LogP contribution in [0.3, 0.4) is 0 Å². The quantitative estimate of drug-likeness (QED) is 0.800. The average Bonchev–Trinajstić information content (AvgIpc) is 2.54. The van der Waals surface area contributed by atoms with Gasteiger partial charge in [-0.2, -0.15) is 0 Å². The van der Waals surface area contributed by atoms with Crippen LogP contribution in [0.2, 0.25) is 0 Å². The van der Waals surface area contributed by atoms with Gasteiger partial charge in [-0.25, -0.2) is 0 Å². The van der Waals surface area contributed by atoms with Crippen LogP contribution >= 0.6 is 0 Å². The van der Waals surface area contributed by atoms with Crippen LogP contribution in [0.5, 0.6) is 0 Å². The highest BCUT2D eigenvalue weighted by atomic mass is 16.6. The molecule has 3 nitrogen and oxygen atoms in total. The first-order valence-corrected chi connectivity index (χ1v) is 8.67. The zero-order valence-corrected chi connectivity index (χ0v) is 14.2. The van der Waals surface area contributed by atoms with E-state index in [9.17, 15) is 9.90 Å². The minimum Gasteiger partial charge on any atom is -0.460 e. The Morgan fingerprint density at radius 3 is 2.65 bits per heavy atom. The number of aliphatic hydroxyl groups is 1. The lowest BCUT2D eigenvalue weighted by molar-refractivity contribution is -0.154. The first-order valence-electron chi connectivity index (χ1n) is 8.67. The maximum absolute atomic E-state index is 12.1. The van der Waals surface area contributed by atoms with E-state index in [4.69, 9.17) is 4.74 Å². The molecule has 1 N–H and O–H groups in total. The summed E-state index contributed by atoms with van der Waals surface area (Å²) in [4.78, 5) is 12.1. The van der Waals surface area contributed by atoms with E-state index in [0.717, 1.165) is 12.8 Å². The molecular weight excluding hydrogens is 288 g/mol. The molecule has 4 atom stereocenters. The van der Waals surface area contributed by atoms with Crippen molar-refractivity contribution >= 4 is 12.0 Å². The number of hydrogen-bond donors (Lipinski definition) is 1. The highest BCUT2D eigenvalue weighted by Crippen LogP contribution is 2.34. The second kappa shape index (κ2) is 8.88. The average molecular weight is 316 g/mol. The van der Waals surface area contributed by atoms with Gasteiger partial charge in [-0.05, 0) is 44.1 Å². The van der Waals surface area contributed by atoms with Crippen molar-refractivity contribution in [1.29, 1.82) is 0 Å². The standard InChI is InChI=1S/C20H28O3/c1-15(21)16(2)23-20(22)14-19-11-7-6-10-18(19)13-12-17-8-4-3-5-9-17/h3-5,8-9,12-13,15-16,18-19,21H,6-7,10-11,14H2,1-2H3/b13-12+/t15-,16-,18+,19-/m1/s1. The molecule has 0 aromatic heterocycles. The molecule has 0 radical (unpaired) electrons. The molecule has 1 saturated carbocycles. The molecule has 1 aromatic carbocycles. The summed E-state index contributed by atoms with van der Waals surface area (Å²) in [5, 5.41) is 9.45. The largest absolute Gasteiger partial charge is 0.460 e. The lowest BCUT2D eigenvalue weighted by Gasteiger charge is -2.29. The molecular formula is C20H28O3. The molecule has 2 rings (SSSR count). The number of allylic oxidation sites excluding steroid dienone is 1. The Morgan fingerprint density at radius 2 is 1.96 bits per heavy atom. The first kappa shape index (κ1) is 17.7. The fraction of sp³-hybridized carbons (Fsp3) is 0.550. The fourth-order valence-corrected chi connectivity index (χ4v) is 3.11. The molecule has 0 unspecified atom stereocenters. The summed E-state index contributed by atoms with van der Waals surface area (Å²) in [5.41, 5.74) is 1.20. The maximum atomic E-state index is 12.1. The van der Waals surface area contributed by atoms with Gasteiger partial charge in [0.2, 0.25) is 0 Å². The van der Waals surface area contributed by atoms with Crippen molar-refractivity contribution in [3.63, 3.8) is 0 Å². The van der Waals surface area contributed by atoms with E-state index in [0.29, 0.717) is 18.3 Å². The van der Waals surface area contributed by atoms with E-state index in [1.54, 1.807) is 13.8 Å². The summed E-state index contributed by atoms with van der Waals surface area (Å²) in [6.07, 6.45) is 8.40. The fourth-order valence-electron chi connectivity index (χ4n) is 3.11. The van der Waals surface area contributed by atoms with Gasteiger partial charge in [0, 0.05) is 6.42 Å². The monoisotopic (exact) mass is 316 g/mol. The predicted octanol–water partition coefficient (Wildman–Crippen LogP) is 4.21. The minimum atomic E-state index is -0.626. The molecule has 1 aromatic rings. The van der Waals surface area contributed by atoms with Crippen molar-refractivity contribution in [2.75, 3.05) is 0 Å².